The van der Waals surface area contributed by atoms with Crippen molar-refractivity contribution < 1.29 is 34.5 Å². The van der Waals surface area contributed by atoms with E-state index in [0.717, 1.165) is 6.07 Å². The first kappa shape index (κ1) is 23.6. The van der Waals surface area contributed by atoms with Gasteiger partial charge in [-0.3, -0.25) is 20.3 Å². The number of aliphatic imine (C=N–C) groups is 1. The monoisotopic (exact) mass is 412 g/mol. The van der Waals surface area contributed by atoms with Crippen LogP contribution in [-0.4, -0.2) is 59.0 Å². The van der Waals surface area contributed by atoms with Gasteiger partial charge in [-0.15, -0.1) is 0 Å². The van der Waals surface area contributed by atoms with Gasteiger partial charge in [0.2, 0.25) is 6.10 Å². The number of carbonyl (C=O) groups excluding carboxylic acids is 1. The summed E-state index contributed by atoms with van der Waals surface area (Å²) in [5, 5.41) is 42.5. The van der Waals surface area contributed by atoms with Crippen molar-refractivity contribution in [2.24, 2.45) is 10.7 Å². The van der Waals surface area contributed by atoms with E-state index >= 15 is 0 Å². The molecule has 29 heavy (non-hydrogen) atoms. The second-order valence-electron chi connectivity index (χ2n) is 5.67. The molecule has 13 nitrogen and oxygen atoms in total. The molecule has 0 spiro atoms. The van der Waals surface area contributed by atoms with Crippen LogP contribution in [0.15, 0.2) is 29.3 Å². The summed E-state index contributed by atoms with van der Waals surface area (Å²) in [6.45, 7) is 0.110. The maximum atomic E-state index is 11.9. The summed E-state index contributed by atoms with van der Waals surface area (Å²) >= 11 is 0. The zero-order valence-electron chi connectivity index (χ0n) is 15.4. The van der Waals surface area contributed by atoms with Crippen LogP contribution in [0, 0.1) is 5.21 Å². The van der Waals surface area contributed by atoms with Crippen molar-refractivity contribution in [3.63, 3.8) is 0 Å². The molecule has 0 aliphatic rings. The smallest absolute Gasteiger partial charge is 0.415 e. The predicted molar refractivity (Wildman–Crippen MR) is 100 cm³/mol. The SMILES string of the molecule is CN[C@@H](CCCN=C(N)NC(=O)OC(C(=O)O)c1ccccc1N([O-])O)C(=O)O. The Kier molecular flexibility index (Phi) is 9.31. The minimum Gasteiger partial charge on any atom is -0.733 e. The van der Waals surface area contributed by atoms with Gasteiger partial charge in [0.25, 0.3) is 0 Å². The minimum atomic E-state index is -1.89. The number of hydrogen-bond donors (Lipinski definition) is 6. The molecule has 0 fully saturated rings. The summed E-state index contributed by atoms with van der Waals surface area (Å²) in [7, 11) is 1.51. The van der Waals surface area contributed by atoms with E-state index in [1.165, 1.54) is 25.2 Å². The molecule has 1 unspecified atom stereocenters. The largest absolute Gasteiger partial charge is 0.733 e. The van der Waals surface area contributed by atoms with E-state index in [0.29, 0.717) is 6.42 Å². The molecule has 7 N–H and O–H groups in total. The molecule has 2 atom stereocenters. The number of benzene rings is 1. The van der Waals surface area contributed by atoms with Crippen molar-refractivity contribution in [3.05, 3.63) is 35.0 Å². The fraction of sp³-hybridized carbons (Fsp3) is 0.375. The molecular formula is C16H22N5O8-. The normalized spacial score (nSPS) is 13.3. The third-order valence-electron chi connectivity index (χ3n) is 3.68. The van der Waals surface area contributed by atoms with E-state index in [4.69, 9.17) is 20.8 Å². The number of carboxylic acid groups (broad SMARTS) is 2. The topological polar surface area (TPSA) is 210 Å². The first-order chi connectivity index (χ1) is 13.7. The summed E-state index contributed by atoms with van der Waals surface area (Å²) in [5.74, 6) is -2.96. The quantitative estimate of drug-likeness (QED) is 0.130. The minimum absolute atomic E-state index is 0.110. The zero-order valence-corrected chi connectivity index (χ0v) is 15.4. The summed E-state index contributed by atoms with van der Waals surface area (Å²) in [5.41, 5.74) is 4.85. The molecule has 13 heteroatoms. The highest BCUT2D eigenvalue weighted by molar-refractivity contribution is 5.94. The second-order valence-corrected chi connectivity index (χ2v) is 5.67. The van der Waals surface area contributed by atoms with E-state index < -0.39 is 41.1 Å². The highest BCUT2D eigenvalue weighted by Crippen LogP contribution is 2.28. The molecule has 0 aromatic heterocycles. The zero-order chi connectivity index (χ0) is 22.0. The number of alkyl carbamates (subject to hydrolysis) is 1. The summed E-state index contributed by atoms with van der Waals surface area (Å²) < 4.78 is 4.78. The van der Waals surface area contributed by atoms with Crippen LogP contribution >= 0.6 is 0 Å². The molecule has 0 bridgehead atoms. The highest BCUT2D eigenvalue weighted by Gasteiger charge is 2.27. The fourth-order valence-corrected chi connectivity index (χ4v) is 2.30. The molecule has 0 aliphatic carbocycles. The molecule has 1 amide bonds. The van der Waals surface area contributed by atoms with Gasteiger partial charge in [-0.25, -0.2) is 9.59 Å². The van der Waals surface area contributed by atoms with Crippen LogP contribution in [0.1, 0.15) is 24.5 Å². The van der Waals surface area contributed by atoms with Gasteiger partial charge in [-0.1, -0.05) is 18.2 Å². The fourth-order valence-electron chi connectivity index (χ4n) is 2.30. The van der Waals surface area contributed by atoms with E-state index in [9.17, 15) is 24.7 Å². The van der Waals surface area contributed by atoms with Gasteiger partial charge in [0.15, 0.2) is 5.96 Å². The second kappa shape index (κ2) is 11.4. The Morgan fingerprint density at radius 3 is 2.48 bits per heavy atom. The molecule has 0 saturated carbocycles. The van der Waals surface area contributed by atoms with E-state index in [-0.39, 0.29) is 24.5 Å². The third kappa shape index (κ3) is 7.61. The van der Waals surface area contributed by atoms with Gasteiger partial charge in [0.05, 0.1) is 5.69 Å². The first-order valence-electron chi connectivity index (χ1n) is 8.32. The molecule has 0 heterocycles. The van der Waals surface area contributed by atoms with Crippen molar-refractivity contribution in [2.75, 3.05) is 18.8 Å². The van der Waals surface area contributed by atoms with Crippen LogP contribution in [0.3, 0.4) is 0 Å². The lowest BCUT2D eigenvalue weighted by molar-refractivity contribution is -0.147. The summed E-state index contributed by atoms with van der Waals surface area (Å²) in [6.07, 6.45) is -2.51. The lowest BCUT2D eigenvalue weighted by Gasteiger charge is -2.26. The number of para-hydroxylation sites is 1. The number of hydrogen-bond acceptors (Lipinski definition) is 9. The maximum Gasteiger partial charge on any atom is 0.415 e. The lowest BCUT2D eigenvalue weighted by atomic mass is 10.1. The number of anilines is 1. The van der Waals surface area contributed by atoms with Gasteiger partial charge in [0, 0.05) is 12.1 Å². The van der Waals surface area contributed by atoms with Gasteiger partial charge in [0.1, 0.15) is 6.04 Å². The first-order valence-corrected chi connectivity index (χ1v) is 8.32. The van der Waals surface area contributed by atoms with Crippen molar-refractivity contribution in [3.8, 4) is 0 Å². The Bertz CT molecular complexity index is 755. The molecule has 160 valence electrons. The van der Waals surface area contributed by atoms with E-state index in [1.807, 2.05) is 5.32 Å². The standard InChI is InChI=1S/C16H22N5O8/c1-18-10(13(22)23)6-4-8-19-15(17)20-16(26)29-12(14(24)25)9-5-2-3-7-11(9)21(27)28/h2-3,5,7,10,12,18,27H,4,6,8H2,1H3,(H,22,23)(H,24,25)(H3,17,19,20,26)/q-1/t10-,12?/m0/s1. The van der Waals surface area contributed by atoms with Crippen LogP contribution in [0.25, 0.3) is 0 Å². The Hall–Kier alpha value is -3.42. The molecule has 1 rings (SSSR count). The molecular weight excluding hydrogens is 390 g/mol. The number of nitrogens with zero attached hydrogens (tertiary/aromatic N) is 2. The van der Waals surface area contributed by atoms with Crippen LogP contribution in [0.2, 0.25) is 0 Å². The third-order valence-corrected chi connectivity index (χ3v) is 3.68. The molecule has 0 saturated heterocycles. The van der Waals surface area contributed by atoms with Crippen LogP contribution in [-0.2, 0) is 14.3 Å². The Morgan fingerprint density at radius 1 is 1.28 bits per heavy atom. The van der Waals surface area contributed by atoms with Gasteiger partial charge < -0.3 is 36.4 Å². The van der Waals surface area contributed by atoms with Crippen molar-refractivity contribution in [2.45, 2.75) is 25.0 Å². The van der Waals surface area contributed by atoms with Crippen LogP contribution in [0.5, 0.6) is 0 Å². The van der Waals surface area contributed by atoms with Gasteiger partial charge >= 0.3 is 18.0 Å². The molecule has 1 aromatic carbocycles. The van der Waals surface area contributed by atoms with Crippen molar-refractivity contribution in [1.82, 2.24) is 10.6 Å². The molecule has 0 radical (unpaired) electrons. The maximum absolute atomic E-state index is 11.9. The number of carboxylic acids is 2. The van der Waals surface area contributed by atoms with Crippen LogP contribution < -0.4 is 21.6 Å². The number of carbonyl (C=O) groups is 3. The number of amides is 1. The number of likely N-dealkylation sites (N-methyl/N-ethyl adjacent to an activating group) is 1. The van der Waals surface area contributed by atoms with Gasteiger partial charge in [-0.2, -0.15) is 0 Å². The number of aliphatic carboxylic acids is 2. The number of nitrogens with two attached hydrogens (primary N) is 1. The molecule has 1 aromatic rings. The lowest BCUT2D eigenvalue weighted by Crippen LogP contribution is -2.39. The number of guanidine groups is 1. The Balaban J connectivity index is 2.69. The summed E-state index contributed by atoms with van der Waals surface area (Å²) in [6, 6.07) is 4.37. The van der Waals surface area contributed by atoms with Crippen LogP contribution in [0.4, 0.5) is 10.5 Å². The number of ether oxygens (including phenoxy) is 1. The average Bonchev–Trinajstić information content (AvgIpc) is 2.65. The van der Waals surface area contributed by atoms with Gasteiger partial charge in [-0.05, 0) is 26.0 Å². The highest BCUT2D eigenvalue weighted by atomic mass is 16.8. The number of nitrogens with one attached hydrogen (secondary N) is 2. The predicted octanol–water partition coefficient (Wildman–Crippen LogP) is -0.000600. The number of rotatable bonds is 10. The van der Waals surface area contributed by atoms with E-state index in [2.05, 4.69) is 10.3 Å². The Labute approximate surface area is 165 Å². The van der Waals surface area contributed by atoms with Crippen molar-refractivity contribution in [1.29, 1.82) is 0 Å². The average molecular weight is 412 g/mol. The van der Waals surface area contributed by atoms with E-state index in [1.54, 1.807) is 0 Å². The van der Waals surface area contributed by atoms with Crippen molar-refractivity contribution >= 4 is 29.7 Å². The molecule has 0 aliphatic heterocycles. The summed E-state index contributed by atoms with van der Waals surface area (Å²) in [4.78, 5) is 38.0. The Morgan fingerprint density at radius 2 is 1.93 bits per heavy atom.